The van der Waals surface area contributed by atoms with E-state index in [4.69, 9.17) is 16.3 Å². The molecule has 2 aromatic heterocycles. The zero-order valence-corrected chi connectivity index (χ0v) is 18.6. The lowest BCUT2D eigenvalue weighted by atomic mass is 9.87. The van der Waals surface area contributed by atoms with Crippen molar-refractivity contribution in [3.05, 3.63) is 71.1 Å². The highest BCUT2D eigenvalue weighted by Gasteiger charge is 2.21. The quantitative estimate of drug-likeness (QED) is 0.444. The molecule has 0 bridgehead atoms. The molecule has 1 aromatic carbocycles. The molecule has 158 valence electrons. The Hall–Kier alpha value is -2.84. The van der Waals surface area contributed by atoms with Gasteiger partial charge in [-0.05, 0) is 35.2 Å². The molecule has 0 saturated carbocycles. The van der Waals surface area contributed by atoms with Crippen LogP contribution in [0.2, 0.25) is 5.02 Å². The van der Waals surface area contributed by atoms with Crippen LogP contribution in [0, 0.1) is 6.92 Å². The number of nitrogens with zero attached hydrogens (tertiary/aromatic N) is 2. The number of benzene rings is 1. The molecule has 0 radical (unpaired) electrons. The van der Waals surface area contributed by atoms with Crippen LogP contribution in [0.15, 0.2) is 59.8 Å². The summed E-state index contributed by atoms with van der Waals surface area (Å²) in [6, 6.07) is 11.3. The highest BCUT2D eigenvalue weighted by molar-refractivity contribution is 7.92. The van der Waals surface area contributed by atoms with Gasteiger partial charge in [-0.15, -0.1) is 0 Å². The zero-order chi connectivity index (χ0) is 22.1. The lowest BCUT2D eigenvalue weighted by molar-refractivity contribution is -0.908. The zero-order valence-electron chi connectivity index (χ0n) is 17.0. The molecule has 30 heavy (non-hydrogen) atoms. The van der Waals surface area contributed by atoms with Gasteiger partial charge in [0.1, 0.15) is 5.69 Å². The van der Waals surface area contributed by atoms with Crippen LogP contribution in [0.4, 0.5) is 5.69 Å². The number of sulfonamides is 1. The molecule has 0 atom stereocenters. The maximum Gasteiger partial charge on any atom is 0.273 e. The van der Waals surface area contributed by atoms with E-state index in [9.17, 15) is 13.6 Å². The number of hydrogen-bond acceptors (Lipinski definition) is 5. The molecule has 0 fully saturated rings. The van der Waals surface area contributed by atoms with E-state index in [1.54, 1.807) is 43.3 Å². The fourth-order valence-corrected chi connectivity index (χ4v) is 3.89. The van der Waals surface area contributed by atoms with Crippen molar-refractivity contribution in [1.29, 1.82) is 0 Å². The Bertz CT molecular complexity index is 1170. The van der Waals surface area contributed by atoms with Gasteiger partial charge in [0.15, 0.2) is 0 Å². The van der Waals surface area contributed by atoms with Crippen molar-refractivity contribution in [3.63, 3.8) is 0 Å². The summed E-state index contributed by atoms with van der Waals surface area (Å²) in [7, 11) is -3.91. The maximum atomic E-state index is 12.9. The van der Waals surface area contributed by atoms with Gasteiger partial charge >= 0.3 is 0 Å². The Kier molecular flexibility index (Phi) is 5.92. The minimum atomic E-state index is -3.91. The second-order valence-corrected chi connectivity index (χ2v) is 9.91. The standard InChI is InChI=1S/C21H23ClN3O4S/c1-14-19(6-5-11-25(14)26)29-20-18(12-16(22)13-23-20)24-30(27,28)17-9-7-15(8-10-17)21(2,3)4/h5-13,24,26H,1-4H3/q+1. The summed E-state index contributed by atoms with van der Waals surface area (Å²) in [5.41, 5.74) is 1.42. The van der Waals surface area contributed by atoms with Crippen LogP contribution in [0.3, 0.4) is 0 Å². The molecule has 2 heterocycles. The van der Waals surface area contributed by atoms with Crippen molar-refractivity contribution in [2.24, 2.45) is 0 Å². The van der Waals surface area contributed by atoms with Crippen LogP contribution in [0.25, 0.3) is 0 Å². The van der Waals surface area contributed by atoms with Crippen LogP contribution in [0.1, 0.15) is 32.0 Å². The molecule has 0 aliphatic heterocycles. The van der Waals surface area contributed by atoms with Gasteiger partial charge in [-0.3, -0.25) is 9.93 Å². The van der Waals surface area contributed by atoms with Crippen molar-refractivity contribution in [2.75, 3.05) is 4.72 Å². The predicted molar refractivity (Wildman–Crippen MR) is 114 cm³/mol. The number of pyridine rings is 2. The molecular formula is C21H23ClN3O4S+. The fraction of sp³-hybridized carbons (Fsp3) is 0.238. The lowest BCUT2D eigenvalue weighted by Gasteiger charge is -2.19. The van der Waals surface area contributed by atoms with Gasteiger partial charge in [0, 0.05) is 23.9 Å². The number of aromatic nitrogens is 2. The van der Waals surface area contributed by atoms with Gasteiger partial charge in [0.25, 0.3) is 15.7 Å². The average Bonchev–Trinajstić information content (AvgIpc) is 2.66. The summed E-state index contributed by atoms with van der Waals surface area (Å²) in [5, 5.41) is 10.0. The Labute approximate surface area is 180 Å². The second kappa shape index (κ2) is 8.12. The molecule has 0 spiro atoms. The summed E-state index contributed by atoms with van der Waals surface area (Å²) in [6.45, 7) is 7.80. The minimum absolute atomic E-state index is 0.00332. The van der Waals surface area contributed by atoms with Crippen molar-refractivity contribution < 1.29 is 23.1 Å². The van der Waals surface area contributed by atoms with Crippen LogP contribution in [0.5, 0.6) is 11.6 Å². The van der Waals surface area contributed by atoms with E-state index in [-0.39, 0.29) is 26.9 Å². The van der Waals surface area contributed by atoms with Gasteiger partial charge in [-0.25, -0.2) is 13.4 Å². The number of hydrogen-bond donors (Lipinski definition) is 2. The molecule has 0 saturated heterocycles. The summed E-state index contributed by atoms with van der Waals surface area (Å²) in [5.74, 6) is 0.313. The van der Waals surface area contributed by atoms with Gasteiger partial charge in [-0.2, -0.15) is 0 Å². The molecule has 3 rings (SSSR count). The van der Waals surface area contributed by atoms with E-state index in [1.165, 1.54) is 18.5 Å². The van der Waals surface area contributed by atoms with Gasteiger partial charge in [0.05, 0.1) is 9.92 Å². The van der Waals surface area contributed by atoms with Crippen molar-refractivity contribution >= 4 is 27.3 Å². The third kappa shape index (κ3) is 4.83. The molecule has 3 aromatic rings. The molecule has 7 nitrogen and oxygen atoms in total. The largest absolute Gasteiger partial charge is 0.430 e. The molecule has 2 N–H and O–H groups in total. The lowest BCUT2D eigenvalue weighted by Crippen LogP contribution is -2.33. The maximum absolute atomic E-state index is 12.9. The number of anilines is 1. The Morgan fingerprint density at radius 3 is 2.47 bits per heavy atom. The summed E-state index contributed by atoms with van der Waals surface area (Å²) in [4.78, 5) is 4.20. The van der Waals surface area contributed by atoms with Crippen LogP contribution in [-0.2, 0) is 15.4 Å². The topological polar surface area (TPSA) is 92.4 Å². The summed E-state index contributed by atoms with van der Waals surface area (Å²) >= 11 is 6.03. The van der Waals surface area contributed by atoms with Crippen LogP contribution >= 0.6 is 11.6 Å². The number of rotatable bonds is 5. The second-order valence-electron chi connectivity index (χ2n) is 7.79. The summed E-state index contributed by atoms with van der Waals surface area (Å²) in [6.07, 6.45) is 2.79. The van der Waals surface area contributed by atoms with E-state index in [0.717, 1.165) is 10.3 Å². The first kappa shape index (κ1) is 21.9. The third-order valence-electron chi connectivity index (χ3n) is 4.47. The van der Waals surface area contributed by atoms with Gasteiger partial charge < -0.3 is 4.74 Å². The first-order chi connectivity index (χ1) is 14.0. The molecule has 0 amide bonds. The van der Waals surface area contributed by atoms with E-state index >= 15 is 0 Å². The van der Waals surface area contributed by atoms with Crippen molar-refractivity contribution in [3.8, 4) is 11.6 Å². The number of ether oxygens (including phenoxy) is 1. The van der Waals surface area contributed by atoms with Crippen LogP contribution < -0.4 is 14.2 Å². The van der Waals surface area contributed by atoms with Crippen LogP contribution in [-0.4, -0.2) is 18.6 Å². The van der Waals surface area contributed by atoms with Crippen molar-refractivity contribution in [2.45, 2.75) is 38.0 Å². The summed E-state index contributed by atoms with van der Waals surface area (Å²) < 4.78 is 35.0. The smallest absolute Gasteiger partial charge is 0.273 e. The molecule has 9 heteroatoms. The molecule has 0 aliphatic carbocycles. The minimum Gasteiger partial charge on any atom is -0.430 e. The predicted octanol–water partition coefficient (Wildman–Crippen LogP) is 4.46. The van der Waals surface area contributed by atoms with E-state index < -0.39 is 10.0 Å². The highest BCUT2D eigenvalue weighted by Crippen LogP contribution is 2.32. The van der Waals surface area contributed by atoms with E-state index in [1.807, 2.05) is 0 Å². The number of nitrogens with one attached hydrogen (secondary N) is 1. The normalized spacial score (nSPS) is 11.9. The SMILES string of the molecule is Cc1c(Oc2ncc(Cl)cc2NS(=O)(=O)c2ccc(C(C)(C)C)cc2)ccc[n+]1O. The van der Waals surface area contributed by atoms with Gasteiger partial charge in [0.2, 0.25) is 17.8 Å². The average molecular weight is 449 g/mol. The monoisotopic (exact) mass is 448 g/mol. The van der Waals surface area contributed by atoms with Crippen molar-refractivity contribution in [1.82, 2.24) is 4.98 Å². The fourth-order valence-electron chi connectivity index (χ4n) is 2.69. The van der Waals surface area contributed by atoms with E-state index in [2.05, 4.69) is 30.5 Å². The first-order valence-electron chi connectivity index (χ1n) is 9.15. The highest BCUT2D eigenvalue weighted by atomic mass is 35.5. The Morgan fingerprint density at radius 2 is 1.83 bits per heavy atom. The Balaban J connectivity index is 1.94. The third-order valence-corrected chi connectivity index (χ3v) is 6.06. The van der Waals surface area contributed by atoms with Gasteiger partial charge in [-0.1, -0.05) is 44.5 Å². The first-order valence-corrected chi connectivity index (χ1v) is 11.0. The number of halogens is 1. The molecular weight excluding hydrogens is 426 g/mol. The van der Waals surface area contributed by atoms with E-state index in [0.29, 0.717) is 11.4 Å². The molecule has 0 aliphatic rings. The Morgan fingerprint density at radius 1 is 1.17 bits per heavy atom. The molecule has 0 unspecified atom stereocenters.